The summed E-state index contributed by atoms with van der Waals surface area (Å²) in [6.07, 6.45) is 5.78. The zero-order valence-electron chi connectivity index (χ0n) is 11.7. The van der Waals surface area contributed by atoms with E-state index in [1.165, 1.54) is 30.4 Å². The lowest BCUT2D eigenvalue weighted by molar-refractivity contribution is 0.365. The first-order valence-electron chi connectivity index (χ1n) is 7.07. The van der Waals surface area contributed by atoms with E-state index >= 15 is 0 Å². The number of anilines is 1. The van der Waals surface area contributed by atoms with Crippen molar-refractivity contribution in [1.82, 2.24) is 10.3 Å². The van der Waals surface area contributed by atoms with Gasteiger partial charge in [-0.25, -0.2) is 4.98 Å². The van der Waals surface area contributed by atoms with E-state index in [1.54, 1.807) is 0 Å². The van der Waals surface area contributed by atoms with Crippen molar-refractivity contribution in [3.8, 4) is 0 Å². The average molecular weight is 247 g/mol. The van der Waals surface area contributed by atoms with Crippen LogP contribution in [0.2, 0.25) is 0 Å². The van der Waals surface area contributed by atoms with Crippen molar-refractivity contribution in [3.63, 3.8) is 0 Å². The Balaban J connectivity index is 2.26. The van der Waals surface area contributed by atoms with E-state index in [4.69, 9.17) is 5.73 Å². The molecule has 0 bridgehead atoms. The van der Waals surface area contributed by atoms with Gasteiger partial charge in [0.25, 0.3) is 0 Å². The summed E-state index contributed by atoms with van der Waals surface area (Å²) in [6.45, 7) is 7.56. The zero-order chi connectivity index (χ0) is 13.1. The van der Waals surface area contributed by atoms with Gasteiger partial charge in [-0.15, -0.1) is 0 Å². The molecule has 0 aliphatic heterocycles. The standard InChI is InChI=1S/C15H25N3/c1-4-17-14(12-6-5-10(2)7-12)13-8-11(3)9-18-15(13)16/h8-10,12,14,17H,4-7H2,1-3H3,(H2,16,18). The topological polar surface area (TPSA) is 50.9 Å². The highest BCUT2D eigenvalue weighted by molar-refractivity contribution is 5.43. The average Bonchev–Trinajstić information content (AvgIpc) is 2.76. The zero-order valence-corrected chi connectivity index (χ0v) is 11.7. The number of nitrogen functional groups attached to an aromatic ring is 1. The first-order valence-corrected chi connectivity index (χ1v) is 7.07. The van der Waals surface area contributed by atoms with Crippen LogP contribution >= 0.6 is 0 Å². The summed E-state index contributed by atoms with van der Waals surface area (Å²) in [4.78, 5) is 4.31. The largest absolute Gasteiger partial charge is 0.383 e. The molecule has 1 saturated carbocycles. The Labute approximate surface area is 110 Å². The van der Waals surface area contributed by atoms with Gasteiger partial charge in [-0.2, -0.15) is 0 Å². The fourth-order valence-electron chi connectivity index (χ4n) is 3.16. The molecular weight excluding hydrogens is 222 g/mol. The Morgan fingerprint density at radius 2 is 2.28 bits per heavy atom. The van der Waals surface area contributed by atoms with Gasteiger partial charge in [0.1, 0.15) is 5.82 Å². The molecule has 3 N–H and O–H groups in total. The number of pyridine rings is 1. The van der Waals surface area contributed by atoms with E-state index in [9.17, 15) is 0 Å². The number of hydrogen-bond donors (Lipinski definition) is 2. The monoisotopic (exact) mass is 247 g/mol. The van der Waals surface area contributed by atoms with Gasteiger partial charge >= 0.3 is 0 Å². The number of nitrogens with one attached hydrogen (secondary N) is 1. The van der Waals surface area contributed by atoms with Crippen LogP contribution in [0, 0.1) is 18.8 Å². The lowest BCUT2D eigenvalue weighted by Crippen LogP contribution is -2.28. The van der Waals surface area contributed by atoms with Crippen molar-refractivity contribution in [2.75, 3.05) is 12.3 Å². The molecule has 0 spiro atoms. The predicted molar refractivity (Wildman–Crippen MR) is 76.3 cm³/mol. The van der Waals surface area contributed by atoms with Crippen LogP contribution in [0.3, 0.4) is 0 Å². The maximum atomic E-state index is 6.07. The lowest BCUT2D eigenvalue weighted by Gasteiger charge is -2.26. The quantitative estimate of drug-likeness (QED) is 0.859. The molecule has 1 aromatic heterocycles. The molecule has 1 aromatic rings. The van der Waals surface area contributed by atoms with E-state index < -0.39 is 0 Å². The molecule has 1 aliphatic carbocycles. The molecule has 100 valence electrons. The van der Waals surface area contributed by atoms with Crippen LogP contribution in [0.15, 0.2) is 12.3 Å². The highest BCUT2D eigenvalue weighted by Gasteiger charge is 2.30. The molecule has 3 nitrogen and oxygen atoms in total. The van der Waals surface area contributed by atoms with Crippen molar-refractivity contribution >= 4 is 5.82 Å². The number of hydrogen-bond acceptors (Lipinski definition) is 3. The molecule has 3 atom stereocenters. The molecule has 1 aliphatic rings. The van der Waals surface area contributed by atoms with Crippen molar-refractivity contribution in [3.05, 3.63) is 23.4 Å². The minimum absolute atomic E-state index is 0.368. The Morgan fingerprint density at radius 3 is 2.89 bits per heavy atom. The van der Waals surface area contributed by atoms with Crippen molar-refractivity contribution < 1.29 is 0 Å². The second-order valence-electron chi connectivity index (χ2n) is 5.70. The lowest BCUT2D eigenvalue weighted by atomic mass is 9.90. The van der Waals surface area contributed by atoms with Gasteiger partial charge in [-0.1, -0.05) is 20.3 Å². The molecule has 2 rings (SSSR count). The van der Waals surface area contributed by atoms with Gasteiger partial charge in [0, 0.05) is 17.8 Å². The smallest absolute Gasteiger partial charge is 0.128 e. The van der Waals surface area contributed by atoms with Crippen LogP contribution < -0.4 is 11.1 Å². The Morgan fingerprint density at radius 1 is 1.50 bits per heavy atom. The third-order valence-electron chi connectivity index (χ3n) is 4.05. The number of nitrogens with zero attached hydrogens (tertiary/aromatic N) is 1. The second-order valence-corrected chi connectivity index (χ2v) is 5.70. The molecular formula is C15H25N3. The Hall–Kier alpha value is -1.09. The number of aryl methyl sites for hydroxylation is 1. The first kappa shape index (κ1) is 13.3. The van der Waals surface area contributed by atoms with Crippen LogP contribution in [-0.4, -0.2) is 11.5 Å². The summed E-state index contributed by atoms with van der Waals surface area (Å²) in [5, 5.41) is 3.61. The summed E-state index contributed by atoms with van der Waals surface area (Å²) < 4.78 is 0. The van der Waals surface area contributed by atoms with Gasteiger partial charge in [0.15, 0.2) is 0 Å². The normalized spacial score (nSPS) is 25.3. The maximum absolute atomic E-state index is 6.07. The molecule has 3 heteroatoms. The van der Waals surface area contributed by atoms with Crippen LogP contribution in [0.5, 0.6) is 0 Å². The van der Waals surface area contributed by atoms with Crippen LogP contribution in [0.1, 0.15) is 50.3 Å². The van der Waals surface area contributed by atoms with Crippen molar-refractivity contribution in [1.29, 1.82) is 0 Å². The fourth-order valence-corrected chi connectivity index (χ4v) is 3.16. The fraction of sp³-hybridized carbons (Fsp3) is 0.667. The van der Waals surface area contributed by atoms with E-state index in [1.807, 2.05) is 6.20 Å². The minimum Gasteiger partial charge on any atom is -0.383 e. The van der Waals surface area contributed by atoms with Gasteiger partial charge in [-0.3, -0.25) is 0 Å². The minimum atomic E-state index is 0.368. The van der Waals surface area contributed by atoms with E-state index in [0.717, 1.165) is 12.5 Å². The predicted octanol–water partition coefficient (Wildman–Crippen LogP) is 3.06. The highest BCUT2D eigenvalue weighted by atomic mass is 14.9. The first-order chi connectivity index (χ1) is 8.61. The summed E-state index contributed by atoms with van der Waals surface area (Å²) in [5.74, 6) is 2.23. The van der Waals surface area contributed by atoms with E-state index in [-0.39, 0.29) is 0 Å². The van der Waals surface area contributed by atoms with Crippen molar-refractivity contribution in [2.24, 2.45) is 11.8 Å². The van der Waals surface area contributed by atoms with Gasteiger partial charge in [-0.05, 0) is 49.8 Å². The Kier molecular flexibility index (Phi) is 4.23. The van der Waals surface area contributed by atoms with Crippen LogP contribution in [0.25, 0.3) is 0 Å². The van der Waals surface area contributed by atoms with Gasteiger partial charge < -0.3 is 11.1 Å². The molecule has 1 heterocycles. The summed E-state index contributed by atoms with van der Waals surface area (Å²) in [5.41, 5.74) is 8.45. The summed E-state index contributed by atoms with van der Waals surface area (Å²) in [6, 6.07) is 2.56. The third kappa shape index (κ3) is 2.83. The molecule has 0 aromatic carbocycles. The molecule has 0 saturated heterocycles. The molecule has 3 unspecified atom stereocenters. The molecule has 0 amide bonds. The Bertz CT molecular complexity index is 403. The van der Waals surface area contributed by atoms with Crippen molar-refractivity contribution in [2.45, 2.75) is 46.1 Å². The number of nitrogens with two attached hydrogens (primary N) is 1. The van der Waals surface area contributed by atoms with Gasteiger partial charge in [0.2, 0.25) is 0 Å². The SMILES string of the molecule is CCNC(c1cc(C)cnc1N)C1CCC(C)C1. The second kappa shape index (κ2) is 5.70. The van der Waals surface area contributed by atoms with Crippen LogP contribution in [0.4, 0.5) is 5.82 Å². The third-order valence-corrected chi connectivity index (χ3v) is 4.05. The van der Waals surface area contributed by atoms with E-state index in [2.05, 4.69) is 37.1 Å². The maximum Gasteiger partial charge on any atom is 0.128 e. The summed E-state index contributed by atoms with van der Waals surface area (Å²) in [7, 11) is 0. The van der Waals surface area contributed by atoms with E-state index in [0.29, 0.717) is 17.8 Å². The molecule has 1 fully saturated rings. The summed E-state index contributed by atoms with van der Waals surface area (Å²) >= 11 is 0. The number of aromatic nitrogens is 1. The number of rotatable bonds is 4. The van der Waals surface area contributed by atoms with Gasteiger partial charge in [0.05, 0.1) is 0 Å². The highest BCUT2D eigenvalue weighted by Crippen LogP contribution is 2.40. The molecule has 0 radical (unpaired) electrons. The van der Waals surface area contributed by atoms with Crippen LogP contribution in [-0.2, 0) is 0 Å². The molecule has 18 heavy (non-hydrogen) atoms.